The van der Waals surface area contributed by atoms with Gasteiger partial charge < -0.3 is 9.73 Å². The van der Waals surface area contributed by atoms with Gasteiger partial charge in [0, 0.05) is 18.2 Å². The number of anilines is 1. The van der Waals surface area contributed by atoms with E-state index < -0.39 is 0 Å². The molecule has 82 valence electrons. The second-order valence-corrected chi connectivity index (χ2v) is 3.69. The van der Waals surface area contributed by atoms with Crippen LogP contribution < -0.4 is 5.32 Å². The van der Waals surface area contributed by atoms with Crippen LogP contribution in [0, 0.1) is 6.92 Å². The maximum Gasteiger partial charge on any atom is 0.221 e. The Bertz CT molecular complexity index is 501. The van der Waals surface area contributed by atoms with E-state index in [1.54, 1.807) is 6.26 Å². The van der Waals surface area contributed by atoms with Gasteiger partial charge in [0.2, 0.25) is 5.91 Å². The molecule has 0 aliphatic rings. The standard InChI is InChI=1S/C13H13NO2/c1-9-8-11(14-10(2)15)5-6-12(9)13-4-3-7-16-13/h3-8H,1-2H3,(H,14,15). The normalized spacial score (nSPS) is 10.1. The quantitative estimate of drug-likeness (QED) is 0.835. The van der Waals surface area contributed by atoms with Crippen LogP contribution in [0.5, 0.6) is 0 Å². The van der Waals surface area contributed by atoms with Crippen molar-refractivity contribution in [2.24, 2.45) is 0 Å². The molecule has 1 aromatic heterocycles. The summed E-state index contributed by atoms with van der Waals surface area (Å²) in [5, 5.41) is 2.75. The van der Waals surface area contributed by atoms with Crippen LogP contribution in [-0.4, -0.2) is 5.91 Å². The van der Waals surface area contributed by atoms with Gasteiger partial charge in [-0.2, -0.15) is 0 Å². The van der Waals surface area contributed by atoms with Crippen molar-refractivity contribution in [3.8, 4) is 11.3 Å². The van der Waals surface area contributed by atoms with E-state index in [2.05, 4.69) is 5.32 Å². The molecule has 1 N–H and O–H groups in total. The van der Waals surface area contributed by atoms with E-state index in [0.717, 1.165) is 22.6 Å². The van der Waals surface area contributed by atoms with E-state index in [4.69, 9.17) is 4.42 Å². The maximum absolute atomic E-state index is 10.9. The van der Waals surface area contributed by atoms with E-state index >= 15 is 0 Å². The van der Waals surface area contributed by atoms with Crippen LogP contribution >= 0.6 is 0 Å². The first-order chi connectivity index (χ1) is 7.66. The SMILES string of the molecule is CC(=O)Nc1ccc(-c2ccco2)c(C)c1. The van der Waals surface area contributed by atoms with Crippen molar-refractivity contribution in [1.29, 1.82) is 0 Å². The Kier molecular flexibility index (Phi) is 2.77. The van der Waals surface area contributed by atoms with Gasteiger partial charge in [0.15, 0.2) is 0 Å². The first kappa shape index (κ1) is 10.5. The van der Waals surface area contributed by atoms with Crippen molar-refractivity contribution < 1.29 is 9.21 Å². The number of carbonyl (C=O) groups is 1. The predicted molar refractivity (Wildman–Crippen MR) is 63.2 cm³/mol. The highest BCUT2D eigenvalue weighted by atomic mass is 16.3. The summed E-state index contributed by atoms with van der Waals surface area (Å²) < 4.78 is 5.33. The van der Waals surface area contributed by atoms with Crippen molar-refractivity contribution in [3.63, 3.8) is 0 Å². The molecule has 0 aliphatic carbocycles. The van der Waals surface area contributed by atoms with Crippen molar-refractivity contribution >= 4 is 11.6 Å². The van der Waals surface area contributed by atoms with E-state index in [-0.39, 0.29) is 5.91 Å². The van der Waals surface area contributed by atoms with Crippen LogP contribution in [0.15, 0.2) is 41.0 Å². The lowest BCUT2D eigenvalue weighted by molar-refractivity contribution is -0.114. The Balaban J connectivity index is 2.34. The minimum atomic E-state index is -0.0647. The largest absolute Gasteiger partial charge is 0.464 e. The molecule has 0 saturated heterocycles. The van der Waals surface area contributed by atoms with Gasteiger partial charge in [0.1, 0.15) is 5.76 Å². The zero-order valence-electron chi connectivity index (χ0n) is 9.28. The summed E-state index contributed by atoms with van der Waals surface area (Å²) in [6, 6.07) is 9.52. The number of hydrogen-bond donors (Lipinski definition) is 1. The number of hydrogen-bond acceptors (Lipinski definition) is 2. The number of benzene rings is 1. The Morgan fingerprint density at radius 2 is 2.12 bits per heavy atom. The molecule has 2 rings (SSSR count). The molecule has 1 aromatic carbocycles. The smallest absolute Gasteiger partial charge is 0.221 e. The highest BCUT2D eigenvalue weighted by Gasteiger charge is 2.05. The molecule has 3 heteroatoms. The lowest BCUT2D eigenvalue weighted by Crippen LogP contribution is -2.05. The zero-order chi connectivity index (χ0) is 11.5. The van der Waals surface area contributed by atoms with Gasteiger partial charge in [-0.1, -0.05) is 0 Å². The number of furan rings is 1. The second kappa shape index (κ2) is 4.23. The lowest BCUT2D eigenvalue weighted by Gasteiger charge is -2.06. The van der Waals surface area contributed by atoms with Crippen molar-refractivity contribution in [3.05, 3.63) is 42.2 Å². The average molecular weight is 215 g/mol. The third kappa shape index (κ3) is 2.14. The molecule has 16 heavy (non-hydrogen) atoms. The first-order valence-electron chi connectivity index (χ1n) is 5.09. The van der Waals surface area contributed by atoms with Crippen molar-refractivity contribution in [2.75, 3.05) is 5.32 Å². The van der Waals surface area contributed by atoms with Gasteiger partial charge in [0.05, 0.1) is 6.26 Å². The predicted octanol–water partition coefficient (Wildman–Crippen LogP) is 3.21. The monoisotopic (exact) mass is 215 g/mol. The third-order valence-electron chi connectivity index (χ3n) is 2.33. The van der Waals surface area contributed by atoms with E-state index in [9.17, 15) is 4.79 Å². The summed E-state index contributed by atoms with van der Waals surface area (Å²) in [5.41, 5.74) is 2.92. The van der Waals surface area contributed by atoms with Crippen LogP contribution in [0.3, 0.4) is 0 Å². The summed E-state index contributed by atoms with van der Waals surface area (Å²) in [5.74, 6) is 0.775. The van der Waals surface area contributed by atoms with Crippen LogP contribution in [0.4, 0.5) is 5.69 Å². The summed E-state index contributed by atoms with van der Waals surface area (Å²) in [7, 11) is 0. The fraction of sp³-hybridized carbons (Fsp3) is 0.154. The summed E-state index contributed by atoms with van der Waals surface area (Å²) >= 11 is 0. The Morgan fingerprint density at radius 3 is 2.69 bits per heavy atom. The van der Waals surface area contributed by atoms with Crippen molar-refractivity contribution in [2.45, 2.75) is 13.8 Å². The average Bonchev–Trinajstić information content (AvgIpc) is 2.69. The van der Waals surface area contributed by atoms with E-state index in [1.807, 2.05) is 37.3 Å². The second-order valence-electron chi connectivity index (χ2n) is 3.69. The lowest BCUT2D eigenvalue weighted by atomic mass is 10.1. The number of nitrogens with one attached hydrogen (secondary N) is 1. The molecule has 0 unspecified atom stereocenters. The topological polar surface area (TPSA) is 42.2 Å². The van der Waals surface area contributed by atoms with Gasteiger partial charge in [-0.15, -0.1) is 0 Å². The molecule has 2 aromatic rings. The minimum Gasteiger partial charge on any atom is -0.464 e. The number of rotatable bonds is 2. The number of aryl methyl sites for hydroxylation is 1. The highest BCUT2D eigenvalue weighted by Crippen LogP contribution is 2.26. The van der Waals surface area contributed by atoms with Crippen LogP contribution in [-0.2, 0) is 4.79 Å². The summed E-state index contributed by atoms with van der Waals surface area (Å²) in [6.45, 7) is 3.49. The van der Waals surface area contributed by atoms with Gasteiger partial charge in [-0.25, -0.2) is 0 Å². The number of amides is 1. The number of carbonyl (C=O) groups excluding carboxylic acids is 1. The molecule has 0 radical (unpaired) electrons. The Labute approximate surface area is 94.1 Å². The summed E-state index contributed by atoms with van der Waals surface area (Å²) in [4.78, 5) is 10.9. The fourth-order valence-corrected chi connectivity index (χ4v) is 1.65. The van der Waals surface area contributed by atoms with Crippen LogP contribution in [0.25, 0.3) is 11.3 Å². The Hall–Kier alpha value is -2.03. The highest BCUT2D eigenvalue weighted by molar-refractivity contribution is 5.89. The van der Waals surface area contributed by atoms with Gasteiger partial charge in [-0.05, 0) is 42.8 Å². The van der Waals surface area contributed by atoms with E-state index in [0.29, 0.717) is 0 Å². The van der Waals surface area contributed by atoms with Crippen molar-refractivity contribution in [1.82, 2.24) is 0 Å². The Morgan fingerprint density at radius 1 is 1.31 bits per heavy atom. The molecule has 1 heterocycles. The first-order valence-corrected chi connectivity index (χ1v) is 5.09. The molecular weight excluding hydrogens is 202 g/mol. The molecule has 0 saturated carbocycles. The molecule has 0 atom stereocenters. The molecule has 3 nitrogen and oxygen atoms in total. The van der Waals surface area contributed by atoms with Crippen LogP contribution in [0.2, 0.25) is 0 Å². The van der Waals surface area contributed by atoms with Gasteiger partial charge in [-0.3, -0.25) is 4.79 Å². The van der Waals surface area contributed by atoms with Gasteiger partial charge >= 0.3 is 0 Å². The molecule has 0 bridgehead atoms. The molecule has 1 amide bonds. The molecule has 0 aliphatic heterocycles. The van der Waals surface area contributed by atoms with E-state index in [1.165, 1.54) is 6.92 Å². The molecular formula is C13H13NO2. The maximum atomic E-state index is 10.9. The summed E-state index contributed by atoms with van der Waals surface area (Å²) in [6.07, 6.45) is 1.65. The zero-order valence-corrected chi connectivity index (χ0v) is 9.28. The van der Waals surface area contributed by atoms with Gasteiger partial charge in [0.25, 0.3) is 0 Å². The minimum absolute atomic E-state index is 0.0647. The molecule has 0 spiro atoms. The third-order valence-corrected chi connectivity index (χ3v) is 2.33. The fourth-order valence-electron chi connectivity index (χ4n) is 1.65. The molecule has 0 fully saturated rings. The van der Waals surface area contributed by atoms with Crippen LogP contribution in [0.1, 0.15) is 12.5 Å².